The number of methoxy groups -OCH3 is 1. The zero-order valence-corrected chi connectivity index (χ0v) is 15.4. The third-order valence-electron chi connectivity index (χ3n) is 4.59. The molecular formula is C20H23ClN2O2. The summed E-state index contributed by atoms with van der Waals surface area (Å²) in [4.78, 5) is 12.4. The molecule has 0 unspecified atom stereocenters. The molecule has 0 aromatic heterocycles. The largest absolute Gasteiger partial charge is 0.495 e. The molecule has 0 spiro atoms. The number of ether oxygens (including phenoxy) is 1. The molecule has 0 saturated heterocycles. The second kappa shape index (κ2) is 7.79. The van der Waals surface area contributed by atoms with E-state index in [4.69, 9.17) is 16.3 Å². The van der Waals surface area contributed by atoms with Crippen molar-refractivity contribution in [3.63, 3.8) is 0 Å². The Labute approximate surface area is 153 Å². The van der Waals surface area contributed by atoms with Crippen molar-refractivity contribution < 1.29 is 9.53 Å². The molecule has 0 saturated carbocycles. The molecule has 1 aliphatic carbocycles. The number of anilines is 2. The van der Waals surface area contributed by atoms with E-state index in [0.717, 1.165) is 24.1 Å². The van der Waals surface area contributed by atoms with E-state index in [1.165, 1.54) is 24.0 Å². The fourth-order valence-electron chi connectivity index (χ4n) is 3.25. The fraction of sp³-hybridized carbons (Fsp3) is 0.350. The number of hydrogen-bond acceptors (Lipinski definition) is 3. The van der Waals surface area contributed by atoms with Gasteiger partial charge >= 0.3 is 0 Å². The topological polar surface area (TPSA) is 50.4 Å². The first-order valence-corrected chi connectivity index (χ1v) is 8.95. The Hall–Kier alpha value is -2.20. The van der Waals surface area contributed by atoms with Crippen molar-refractivity contribution in [2.45, 2.75) is 32.6 Å². The van der Waals surface area contributed by atoms with Gasteiger partial charge in [-0.25, -0.2) is 0 Å². The van der Waals surface area contributed by atoms with E-state index in [0.29, 0.717) is 16.5 Å². The number of amides is 1. The molecule has 4 nitrogen and oxygen atoms in total. The van der Waals surface area contributed by atoms with Crippen LogP contribution in [0.1, 0.15) is 29.5 Å². The molecule has 132 valence electrons. The van der Waals surface area contributed by atoms with E-state index >= 15 is 0 Å². The summed E-state index contributed by atoms with van der Waals surface area (Å²) in [5.41, 5.74) is 5.33. The van der Waals surface area contributed by atoms with E-state index in [1.807, 2.05) is 19.1 Å². The van der Waals surface area contributed by atoms with Crippen LogP contribution in [0.3, 0.4) is 0 Å². The smallest absolute Gasteiger partial charge is 0.243 e. The van der Waals surface area contributed by atoms with Crippen LogP contribution < -0.4 is 15.4 Å². The molecule has 2 N–H and O–H groups in total. The number of nitrogens with one attached hydrogen (secondary N) is 2. The molecule has 25 heavy (non-hydrogen) atoms. The van der Waals surface area contributed by atoms with Gasteiger partial charge in [-0.1, -0.05) is 23.7 Å². The third kappa shape index (κ3) is 4.07. The van der Waals surface area contributed by atoms with Gasteiger partial charge in [0, 0.05) is 16.8 Å². The van der Waals surface area contributed by atoms with Crippen LogP contribution in [0.4, 0.5) is 11.4 Å². The average Bonchev–Trinajstić information content (AvgIpc) is 2.62. The molecule has 0 aliphatic heterocycles. The first-order valence-electron chi connectivity index (χ1n) is 8.57. The molecule has 2 aromatic rings. The molecule has 0 fully saturated rings. The highest BCUT2D eigenvalue weighted by Gasteiger charge is 2.14. The molecule has 0 radical (unpaired) electrons. The van der Waals surface area contributed by atoms with Crippen LogP contribution in [0.2, 0.25) is 5.02 Å². The van der Waals surface area contributed by atoms with Crippen molar-refractivity contribution in [1.29, 1.82) is 0 Å². The van der Waals surface area contributed by atoms with Crippen molar-refractivity contribution >= 4 is 28.9 Å². The van der Waals surface area contributed by atoms with Gasteiger partial charge in [-0.15, -0.1) is 0 Å². The maximum Gasteiger partial charge on any atom is 0.243 e. The number of halogens is 1. The summed E-state index contributed by atoms with van der Waals surface area (Å²) in [7, 11) is 1.56. The van der Waals surface area contributed by atoms with Gasteiger partial charge in [-0.05, 0) is 61.4 Å². The van der Waals surface area contributed by atoms with E-state index in [2.05, 4.69) is 22.8 Å². The molecule has 2 aromatic carbocycles. The minimum atomic E-state index is -0.117. The number of aryl methyl sites for hydroxylation is 2. The fourth-order valence-corrected chi connectivity index (χ4v) is 3.40. The highest BCUT2D eigenvalue weighted by Crippen LogP contribution is 2.31. The van der Waals surface area contributed by atoms with Crippen LogP contribution in [-0.2, 0) is 17.6 Å². The summed E-state index contributed by atoms with van der Waals surface area (Å²) < 4.78 is 5.30. The summed E-state index contributed by atoms with van der Waals surface area (Å²) in [5, 5.41) is 6.79. The Morgan fingerprint density at radius 3 is 2.80 bits per heavy atom. The second-order valence-electron chi connectivity index (χ2n) is 6.35. The van der Waals surface area contributed by atoms with Crippen LogP contribution in [0.25, 0.3) is 0 Å². The lowest BCUT2D eigenvalue weighted by Crippen LogP contribution is -2.23. The predicted molar refractivity (Wildman–Crippen MR) is 103 cm³/mol. The SMILES string of the molecule is COc1cc(Cl)c(C)cc1NC(=O)CNc1cccc2c1CCCC2. The summed E-state index contributed by atoms with van der Waals surface area (Å²) in [6.07, 6.45) is 4.65. The Bertz CT molecular complexity index is 790. The number of rotatable bonds is 5. The Morgan fingerprint density at radius 1 is 1.20 bits per heavy atom. The summed E-state index contributed by atoms with van der Waals surface area (Å²) in [6, 6.07) is 9.82. The van der Waals surface area contributed by atoms with Gasteiger partial charge in [0.2, 0.25) is 5.91 Å². The van der Waals surface area contributed by atoms with Crippen LogP contribution >= 0.6 is 11.6 Å². The zero-order valence-electron chi connectivity index (χ0n) is 14.6. The average molecular weight is 359 g/mol. The van der Waals surface area contributed by atoms with E-state index < -0.39 is 0 Å². The first kappa shape index (κ1) is 17.6. The minimum Gasteiger partial charge on any atom is -0.495 e. The second-order valence-corrected chi connectivity index (χ2v) is 6.76. The number of hydrogen-bond donors (Lipinski definition) is 2. The van der Waals surface area contributed by atoms with Gasteiger partial charge in [0.15, 0.2) is 0 Å². The highest BCUT2D eigenvalue weighted by atomic mass is 35.5. The quantitative estimate of drug-likeness (QED) is 0.822. The maximum atomic E-state index is 12.4. The summed E-state index contributed by atoms with van der Waals surface area (Å²) in [6.45, 7) is 2.10. The van der Waals surface area contributed by atoms with E-state index in [-0.39, 0.29) is 12.5 Å². The minimum absolute atomic E-state index is 0.117. The Kier molecular flexibility index (Phi) is 5.49. The molecule has 5 heteroatoms. The third-order valence-corrected chi connectivity index (χ3v) is 5.00. The lowest BCUT2D eigenvalue weighted by Gasteiger charge is -2.20. The van der Waals surface area contributed by atoms with Gasteiger partial charge in [-0.2, -0.15) is 0 Å². The molecular weight excluding hydrogens is 336 g/mol. The van der Waals surface area contributed by atoms with Crippen LogP contribution in [-0.4, -0.2) is 19.6 Å². The Balaban J connectivity index is 1.67. The first-order chi connectivity index (χ1) is 12.1. The van der Waals surface area contributed by atoms with Gasteiger partial charge in [-0.3, -0.25) is 4.79 Å². The number of fused-ring (bicyclic) bond motifs is 1. The Morgan fingerprint density at radius 2 is 2.00 bits per heavy atom. The molecule has 1 aliphatic rings. The van der Waals surface area contributed by atoms with E-state index in [9.17, 15) is 4.79 Å². The van der Waals surface area contributed by atoms with E-state index in [1.54, 1.807) is 13.2 Å². The van der Waals surface area contributed by atoms with Crippen molar-refractivity contribution in [2.24, 2.45) is 0 Å². The van der Waals surface area contributed by atoms with Crippen LogP contribution in [0, 0.1) is 6.92 Å². The molecule has 0 heterocycles. The lowest BCUT2D eigenvalue weighted by molar-refractivity contribution is -0.114. The normalized spacial score (nSPS) is 13.1. The van der Waals surface area contributed by atoms with Crippen LogP contribution in [0.5, 0.6) is 5.75 Å². The van der Waals surface area contributed by atoms with Crippen molar-refractivity contribution in [2.75, 3.05) is 24.3 Å². The summed E-state index contributed by atoms with van der Waals surface area (Å²) in [5.74, 6) is 0.439. The van der Waals surface area contributed by atoms with Crippen molar-refractivity contribution in [1.82, 2.24) is 0 Å². The van der Waals surface area contributed by atoms with Crippen LogP contribution in [0.15, 0.2) is 30.3 Å². The van der Waals surface area contributed by atoms with Crippen molar-refractivity contribution in [3.8, 4) is 5.75 Å². The highest BCUT2D eigenvalue weighted by molar-refractivity contribution is 6.31. The number of carbonyl (C=O) groups excluding carboxylic acids is 1. The molecule has 0 atom stereocenters. The van der Waals surface area contributed by atoms with Gasteiger partial charge in [0.1, 0.15) is 5.75 Å². The van der Waals surface area contributed by atoms with Gasteiger partial charge in [0.25, 0.3) is 0 Å². The van der Waals surface area contributed by atoms with Gasteiger partial charge in [0.05, 0.1) is 19.3 Å². The molecule has 3 rings (SSSR count). The van der Waals surface area contributed by atoms with Gasteiger partial charge < -0.3 is 15.4 Å². The predicted octanol–water partition coefficient (Wildman–Crippen LogP) is 4.59. The van der Waals surface area contributed by atoms with Crippen molar-refractivity contribution in [3.05, 3.63) is 52.0 Å². The summed E-state index contributed by atoms with van der Waals surface area (Å²) >= 11 is 6.10. The maximum absolute atomic E-state index is 12.4. The standard InChI is InChI=1S/C20H23ClN2O2/c1-13-10-18(19(25-2)11-16(13)21)23-20(24)12-22-17-9-5-7-14-6-3-4-8-15(14)17/h5,7,9-11,22H,3-4,6,8,12H2,1-2H3,(H,23,24). The lowest BCUT2D eigenvalue weighted by atomic mass is 9.90. The monoisotopic (exact) mass is 358 g/mol. The number of benzene rings is 2. The number of carbonyl (C=O) groups is 1. The molecule has 0 bridgehead atoms. The zero-order chi connectivity index (χ0) is 17.8. The molecule has 1 amide bonds.